The predicted molar refractivity (Wildman–Crippen MR) is 102 cm³/mol. The van der Waals surface area contributed by atoms with Crippen LogP contribution in [-0.4, -0.2) is 48.6 Å². The van der Waals surface area contributed by atoms with Crippen molar-refractivity contribution >= 4 is 11.9 Å². The number of aromatic nitrogens is 2. The smallest absolute Gasteiger partial charge is 0.275 e. The van der Waals surface area contributed by atoms with Gasteiger partial charge in [0.15, 0.2) is 6.54 Å². The minimum absolute atomic E-state index is 0.104. The molecule has 138 valence electrons. The van der Waals surface area contributed by atoms with E-state index in [0.717, 1.165) is 45.0 Å². The maximum atomic E-state index is 12.6. The van der Waals surface area contributed by atoms with Gasteiger partial charge in [0, 0.05) is 12.4 Å². The molecule has 1 saturated heterocycles. The van der Waals surface area contributed by atoms with E-state index in [0.29, 0.717) is 6.54 Å². The zero-order valence-electron chi connectivity index (χ0n) is 15.4. The topological polar surface area (TPSA) is 62.6 Å². The summed E-state index contributed by atoms with van der Waals surface area (Å²) in [6.07, 6.45) is 5.55. The van der Waals surface area contributed by atoms with E-state index >= 15 is 0 Å². The lowest BCUT2D eigenvalue weighted by Crippen LogP contribution is -3.16. The lowest BCUT2D eigenvalue weighted by Gasteiger charge is -2.32. The lowest BCUT2D eigenvalue weighted by atomic mass is 10.0. The van der Waals surface area contributed by atoms with Crippen molar-refractivity contribution in [2.24, 2.45) is 0 Å². The van der Waals surface area contributed by atoms with E-state index in [4.69, 9.17) is 0 Å². The SMILES string of the molecule is CCC[C@H](NC(=O)C[NH+]1CCN(c2ncccn2)CC1)c1ccccc1. The summed E-state index contributed by atoms with van der Waals surface area (Å²) in [4.78, 5) is 24.7. The third-order valence-corrected chi connectivity index (χ3v) is 4.83. The van der Waals surface area contributed by atoms with Crippen LogP contribution in [0.3, 0.4) is 0 Å². The Morgan fingerprint density at radius 2 is 1.85 bits per heavy atom. The third-order valence-electron chi connectivity index (χ3n) is 4.83. The standard InChI is InChI=1S/C20H27N5O/c1-2-7-18(17-8-4-3-5-9-17)23-19(26)16-24-12-14-25(15-13-24)20-21-10-6-11-22-20/h3-6,8-11,18H,2,7,12-16H2,1H3,(H,23,26)/p+1/t18-/m0/s1. The molecule has 1 amide bonds. The number of carbonyl (C=O) groups is 1. The number of nitrogens with zero attached hydrogens (tertiary/aromatic N) is 3. The normalized spacial score (nSPS) is 16.3. The summed E-state index contributed by atoms with van der Waals surface area (Å²) in [6.45, 7) is 6.28. The largest absolute Gasteiger partial charge is 0.344 e. The van der Waals surface area contributed by atoms with Gasteiger partial charge in [-0.1, -0.05) is 43.7 Å². The van der Waals surface area contributed by atoms with Crippen molar-refractivity contribution in [3.63, 3.8) is 0 Å². The van der Waals surface area contributed by atoms with Crippen LogP contribution in [-0.2, 0) is 4.79 Å². The van der Waals surface area contributed by atoms with Gasteiger partial charge in [-0.3, -0.25) is 4.79 Å². The van der Waals surface area contributed by atoms with Crippen LogP contribution in [0.2, 0.25) is 0 Å². The lowest BCUT2D eigenvalue weighted by molar-refractivity contribution is -0.892. The molecule has 6 nitrogen and oxygen atoms in total. The molecule has 0 saturated carbocycles. The van der Waals surface area contributed by atoms with E-state index in [2.05, 4.69) is 39.2 Å². The van der Waals surface area contributed by atoms with Gasteiger partial charge in [-0.2, -0.15) is 0 Å². The first-order chi connectivity index (χ1) is 12.8. The molecule has 1 aromatic carbocycles. The van der Waals surface area contributed by atoms with E-state index < -0.39 is 0 Å². The summed E-state index contributed by atoms with van der Waals surface area (Å²) in [5, 5.41) is 3.23. The Hall–Kier alpha value is -2.47. The number of nitrogens with one attached hydrogen (secondary N) is 2. The molecule has 0 spiro atoms. The molecule has 2 heterocycles. The number of benzene rings is 1. The average molecular weight is 354 g/mol. The number of quaternary nitrogens is 1. The second-order valence-electron chi connectivity index (χ2n) is 6.78. The molecule has 1 aromatic heterocycles. The van der Waals surface area contributed by atoms with Gasteiger partial charge in [-0.25, -0.2) is 9.97 Å². The van der Waals surface area contributed by atoms with Crippen LogP contribution in [0.1, 0.15) is 31.4 Å². The van der Waals surface area contributed by atoms with Gasteiger partial charge in [-0.05, 0) is 18.1 Å². The van der Waals surface area contributed by atoms with Gasteiger partial charge in [-0.15, -0.1) is 0 Å². The van der Waals surface area contributed by atoms with Crippen molar-refractivity contribution in [3.8, 4) is 0 Å². The number of hydrogen-bond donors (Lipinski definition) is 2. The summed E-state index contributed by atoms with van der Waals surface area (Å²) in [5.74, 6) is 0.912. The van der Waals surface area contributed by atoms with Gasteiger partial charge < -0.3 is 15.1 Å². The van der Waals surface area contributed by atoms with Gasteiger partial charge in [0.2, 0.25) is 5.95 Å². The summed E-state index contributed by atoms with van der Waals surface area (Å²) >= 11 is 0. The van der Waals surface area contributed by atoms with Crippen LogP contribution in [0.25, 0.3) is 0 Å². The van der Waals surface area contributed by atoms with Crippen molar-refractivity contribution in [1.29, 1.82) is 0 Å². The molecule has 6 heteroatoms. The highest BCUT2D eigenvalue weighted by atomic mass is 16.2. The molecule has 1 atom stereocenters. The zero-order chi connectivity index (χ0) is 18.2. The molecule has 0 radical (unpaired) electrons. The Bertz CT molecular complexity index is 671. The maximum Gasteiger partial charge on any atom is 0.275 e. The highest BCUT2D eigenvalue weighted by Gasteiger charge is 2.24. The molecule has 1 fully saturated rings. The van der Waals surface area contributed by atoms with Gasteiger partial charge in [0.05, 0.1) is 32.2 Å². The van der Waals surface area contributed by atoms with Crippen molar-refractivity contribution in [2.75, 3.05) is 37.6 Å². The van der Waals surface area contributed by atoms with Gasteiger partial charge in [0.25, 0.3) is 5.91 Å². The van der Waals surface area contributed by atoms with E-state index in [1.165, 1.54) is 10.5 Å². The molecule has 0 aliphatic carbocycles. The fraction of sp³-hybridized carbons (Fsp3) is 0.450. The first-order valence-corrected chi connectivity index (χ1v) is 9.46. The van der Waals surface area contributed by atoms with Crippen LogP contribution >= 0.6 is 0 Å². The molecule has 2 N–H and O–H groups in total. The van der Waals surface area contributed by atoms with Crippen molar-refractivity contribution < 1.29 is 9.69 Å². The Balaban J connectivity index is 1.49. The maximum absolute atomic E-state index is 12.6. The first kappa shape index (κ1) is 18.3. The molecule has 0 bridgehead atoms. The van der Waals surface area contributed by atoms with E-state index in [1.807, 2.05) is 24.3 Å². The number of piperazine rings is 1. The Labute approximate surface area is 155 Å². The second-order valence-corrected chi connectivity index (χ2v) is 6.78. The Morgan fingerprint density at radius 1 is 1.15 bits per heavy atom. The molecule has 3 rings (SSSR count). The number of amides is 1. The molecule has 1 aliphatic rings. The fourth-order valence-electron chi connectivity index (χ4n) is 3.42. The number of anilines is 1. The summed E-state index contributed by atoms with van der Waals surface area (Å²) in [7, 11) is 0. The van der Waals surface area contributed by atoms with Crippen molar-refractivity contribution in [2.45, 2.75) is 25.8 Å². The number of rotatable bonds is 7. The van der Waals surface area contributed by atoms with Crippen LogP contribution in [0.15, 0.2) is 48.8 Å². The van der Waals surface area contributed by atoms with Gasteiger partial charge >= 0.3 is 0 Å². The predicted octanol–water partition coefficient (Wildman–Crippen LogP) is 0.839. The molecule has 26 heavy (non-hydrogen) atoms. The molecule has 2 aromatic rings. The molecule has 0 unspecified atom stereocenters. The Kier molecular flexibility index (Phi) is 6.55. The van der Waals surface area contributed by atoms with Crippen molar-refractivity contribution in [3.05, 3.63) is 54.4 Å². The van der Waals surface area contributed by atoms with Crippen LogP contribution < -0.4 is 15.1 Å². The molecular weight excluding hydrogens is 326 g/mol. The van der Waals surface area contributed by atoms with Crippen LogP contribution in [0.5, 0.6) is 0 Å². The summed E-state index contributed by atoms with van der Waals surface area (Å²) < 4.78 is 0. The second kappa shape index (κ2) is 9.29. The minimum atomic E-state index is 0.104. The van der Waals surface area contributed by atoms with Crippen molar-refractivity contribution in [1.82, 2.24) is 15.3 Å². The highest BCUT2D eigenvalue weighted by Crippen LogP contribution is 2.17. The van der Waals surface area contributed by atoms with Crippen LogP contribution in [0, 0.1) is 0 Å². The summed E-state index contributed by atoms with van der Waals surface area (Å²) in [5.41, 5.74) is 1.18. The van der Waals surface area contributed by atoms with E-state index in [-0.39, 0.29) is 11.9 Å². The fourth-order valence-corrected chi connectivity index (χ4v) is 3.42. The monoisotopic (exact) mass is 354 g/mol. The third kappa shape index (κ3) is 5.02. The number of hydrogen-bond acceptors (Lipinski definition) is 4. The Morgan fingerprint density at radius 3 is 2.50 bits per heavy atom. The average Bonchev–Trinajstić information content (AvgIpc) is 2.69. The highest BCUT2D eigenvalue weighted by molar-refractivity contribution is 5.77. The summed E-state index contributed by atoms with van der Waals surface area (Å²) in [6, 6.07) is 12.2. The van der Waals surface area contributed by atoms with Gasteiger partial charge in [0.1, 0.15) is 0 Å². The minimum Gasteiger partial charge on any atom is -0.344 e. The molecular formula is C20H28N5O+. The van der Waals surface area contributed by atoms with E-state index in [9.17, 15) is 4.79 Å². The van der Waals surface area contributed by atoms with E-state index in [1.54, 1.807) is 12.4 Å². The quantitative estimate of drug-likeness (QED) is 0.773. The molecule has 1 aliphatic heterocycles. The zero-order valence-corrected chi connectivity index (χ0v) is 15.4. The first-order valence-electron chi connectivity index (χ1n) is 9.46. The van der Waals surface area contributed by atoms with Crippen LogP contribution in [0.4, 0.5) is 5.95 Å². The number of carbonyl (C=O) groups excluding carboxylic acids is 1.